The van der Waals surface area contributed by atoms with Crippen molar-refractivity contribution in [3.05, 3.63) is 92.4 Å². The van der Waals surface area contributed by atoms with Gasteiger partial charge >= 0.3 is 5.97 Å². The molecule has 2 aromatic heterocycles. The summed E-state index contributed by atoms with van der Waals surface area (Å²) in [6.07, 6.45) is 1.65. The molecule has 0 spiro atoms. The van der Waals surface area contributed by atoms with Gasteiger partial charge in [-0.25, -0.2) is 14.4 Å². The summed E-state index contributed by atoms with van der Waals surface area (Å²) in [6.45, 7) is 9.05. The lowest BCUT2D eigenvalue weighted by Crippen LogP contribution is -2.54. The number of halogens is 4. The van der Waals surface area contributed by atoms with E-state index in [1.807, 2.05) is 82.3 Å². The first kappa shape index (κ1) is 39.3. The fourth-order valence-electron chi connectivity index (χ4n) is 8.60. The SMILES string of the molecule is COc1ccc(CN(Cc2ccc(OC)cc2)c2cc(C)c(Cl)c(-c3c(Cl)c4c5c(nc(Cl)nc5c3F)N3C[C@H]5CC[C@H](C5C(=O)OC(C)(C)C)[C@H]3CO4)n2)cc1. The molecule has 3 aliphatic rings. The van der Waals surface area contributed by atoms with Gasteiger partial charge in [-0.3, -0.25) is 4.79 Å². The van der Waals surface area contributed by atoms with E-state index < -0.39 is 11.4 Å². The van der Waals surface area contributed by atoms with Crippen LogP contribution >= 0.6 is 34.8 Å². The van der Waals surface area contributed by atoms with Crippen molar-refractivity contribution in [3.8, 4) is 28.5 Å². The Bertz CT molecular complexity index is 2310. The van der Waals surface area contributed by atoms with E-state index in [0.717, 1.165) is 35.5 Å². The van der Waals surface area contributed by atoms with Crippen LogP contribution in [0.5, 0.6) is 17.2 Å². The molecule has 4 atom stereocenters. The Morgan fingerprint density at radius 3 is 2.16 bits per heavy atom. The molecule has 0 amide bonds. The number of piperidine rings is 1. The fraction of sp³-hybridized carbons (Fsp3) is 0.395. The molecular formula is C43H43Cl3FN5O5. The number of aromatic nitrogens is 3. The van der Waals surface area contributed by atoms with Gasteiger partial charge in [0.15, 0.2) is 11.6 Å². The maximum absolute atomic E-state index is 17.3. The molecule has 10 nitrogen and oxygen atoms in total. The van der Waals surface area contributed by atoms with E-state index in [1.165, 1.54) is 0 Å². The Morgan fingerprint density at radius 2 is 1.56 bits per heavy atom. The van der Waals surface area contributed by atoms with Crippen LogP contribution in [0.3, 0.4) is 0 Å². The van der Waals surface area contributed by atoms with Crippen molar-refractivity contribution in [2.45, 2.75) is 65.3 Å². The second-order valence-electron chi connectivity index (χ2n) is 16.0. The third-order valence-corrected chi connectivity index (χ3v) is 12.2. The maximum atomic E-state index is 17.3. The Kier molecular flexibility index (Phi) is 10.5. The molecule has 4 heterocycles. The number of hydrogen-bond acceptors (Lipinski definition) is 10. The molecular weight excluding hydrogens is 792 g/mol. The Hall–Kier alpha value is -4.58. The lowest BCUT2D eigenvalue weighted by atomic mass is 9.80. The predicted molar refractivity (Wildman–Crippen MR) is 221 cm³/mol. The molecule has 1 unspecified atom stereocenters. The summed E-state index contributed by atoms with van der Waals surface area (Å²) in [5.74, 6) is 1.32. The van der Waals surface area contributed by atoms with Crippen LogP contribution in [-0.2, 0) is 22.6 Å². The van der Waals surface area contributed by atoms with Gasteiger partial charge in [0, 0.05) is 19.6 Å². The number of benzene rings is 3. The zero-order valence-electron chi connectivity index (χ0n) is 32.5. The van der Waals surface area contributed by atoms with E-state index in [1.54, 1.807) is 14.2 Å². The van der Waals surface area contributed by atoms with Crippen LogP contribution in [0.15, 0.2) is 54.6 Å². The quantitative estimate of drug-likeness (QED) is 0.105. The highest BCUT2D eigenvalue weighted by atomic mass is 35.5. The smallest absolute Gasteiger partial charge is 0.310 e. The van der Waals surface area contributed by atoms with Crippen molar-refractivity contribution in [1.82, 2.24) is 15.0 Å². The summed E-state index contributed by atoms with van der Waals surface area (Å²) >= 11 is 20.9. The lowest BCUT2D eigenvalue weighted by Gasteiger charge is -2.43. The zero-order chi connectivity index (χ0) is 40.3. The normalized spacial score (nSPS) is 19.8. The van der Waals surface area contributed by atoms with Gasteiger partial charge in [0.2, 0.25) is 5.28 Å². The summed E-state index contributed by atoms with van der Waals surface area (Å²) < 4.78 is 40.6. The second-order valence-corrected chi connectivity index (χ2v) is 17.1. The predicted octanol–water partition coefficient (Wildman–Crippen LogP) is 9.89. The standard InChI is InChI=1S/C43H43Cl3FN5O5/c1-22-17-30(51(18-23-7-12-26(54-5)13-8-23)19-24-9-14-27(55-6)15-10-24)48-37(34(22)44)32-35(45)39-33-38(36(32)47)49-42(46)50-40(33)52-20-25-11-16-28(29(52)21-56-39)31(25)41(53)57-43(2,3)4/h7-10,12-15,17,25,28-29,31H,11,16,18-21H2,1-6H3/t25-,28+,29-,31?/m1/s1. The van der Waals surface area contributed by atoms with Gasteiger partial charge in [0.25, 0.3) is 0 Å². The first-order chi connectivity index (χ1) is 27.2. The molecule has 1 aliphatic carbocycles. The van der Waals surface area contributed by atoms with E-state index in [4.69, 9.17) is 58.7 Å². The van der Waals surface area contributed by atoms with Gasteiger partial charge < -0.3 is 28.7 Å². The fourth-order valence-corrected chi connectivity index (χ4v) is 9.28. The summed E-state index contributed by atoms with van der Waals surface area (Å²) in [7, 11) is 3.25. The van der Waals surface area contributed by atoms with Crippen molar-refractivity contribution in [1.29, 1.82) is 0 Å². The first-order valence-electron chi connectivity index (χ1n) is 18.9. The number of carbonyl (C=O) groups is 1. The topological polar surface area (TPSA) is 99.1 Å². The number of fused-ring (bicyclic) bond motifs is 5. The molecule has 57 heavy (non-hydrogen) atoms. The molecule has 298 valence electrons. The minimum atomic E-state index is -0.749. The number of methoxy groups -OCH3 is 2. The minimum Gasteiger partial charge on any atom is -0.497 e. The van der Waals surface area contributed by atoms with Crippen LogP contribution < -0.4 is 24.0 Å². The molecule has 2 bridgehead atoms. The number of nitrogens with zero attached hydrogens (tertiary/aromatic N) is 5. The van der Waals surface area contributed by atoms with Crippen molar-refractivity contribution >= 4 is 63.3 Å². The average Bonchev–Trinajstić information content (AvgIpc) is 3.41. The Balaban J connectivity index is 1.23. The summed E-state index contributed by atoms with van der Waals surface area (Å²) in [5, 5.41) is 0.396. The molecule has 1 saturated carbocycles. The number of esters is 1. The van der Waals surface area contributed by atoms with Crippen LogP contribution in [0, 0.1) is 30.5 Å². The van der Waals surface area contributed by atoms with Gasteiger partial charge in [-0.1, -0.05) is 47.5 Å². The third kappa shape index (κ3) is 7.38. The number of aryl methyl sites for hydroxylation is 1. The van der Waals surface area contributed by atoms with Crippen LogP contribution in [-0.4, -0.2) is 59.9 Å². The largest absolute Gasteiger partial charge is 0.497 e. The molecule has 5 aromatic rings. The van der Waals surface area contributed by atoms with Crippen LogP contribution in [0.4, 0.5) is 16.0 Å². The highest BCUT2D eigenvalue weighted by Gasteiger charge is 2.54. The molecule has 3 aromatic carbocycles. The van der Waals surface area contributed by atoms with Gasteiger partial charge in [-0.05, 0) is 111 Å². The molecule has 14 heteroatoms. The van der Waals surface area contributed by atoms with Crippen molar-refractivity contribution in [2.75, 3.05) is 37.2 Å². The van der Waals surface area contributed by atoms with Crippen molar-refractivity contribution in [2.24, 2.45) is 17.8 Å². The number of rotatable bonds is 9. The summed E-state index contributed by atoms with van der Waals surface area (Å²) in [6, 6.07) is 17.2. The van der Waals surface area contributed by atoms with Crippen LogP contribution in [0.2, 0.25) is 15.3 Å². The van der Waals surface area contributed by atoms with E-state index >= 15 is 4.39 Å². The Labute approximate surface area is 346 Å². The van der Waals surface area contributed by atoms with Gasteiger partial charge in [0.05, 0.1) is 52.9 Å². The average molecular weight is 835 g/mol. The highest BCUT2D eigenvalue weighted by Crippen LogP contribution is 2.54. The van der Waals surface area contributed by atoms with E-state index in [-0.39, 0.29) is 74.2 Å². The monoisotopic (exact) mass is 833 g/mol. The van der Waals surface area contributed by atoms with Crippen LogP contribution in [0.1, 0.15) is 50.3 Å². The van der Waals surface area contributed by atoms with Crippen LogP contribution in [0.25, 0.3) is 22.2 Å². The molecule has 0 radical (unpaired) electrons. The van der Waals surface area contributed by atoms with Gasteiger partial charge in [-0.2, -0.15) is 4.98 Å². The first-order valence-corrected chi connectivity index (χ1v) is 20.1. The Morgan fingerprint density at radius 1 is 0.930 bits per heavy atom. The van der Waals surface area contributed by atoms with E-state index in [2.05, 4.69) is 19.8 Å². The lowest BCUT2D eigenvalue weighted by molar-refractivity contribution is -0.164. The maximum Gasteiger partial charge on any atom is 0.310 e. The molecule has 8 rings (SSSR count). The number of ether oxygens (including phenoxy) is 4. The number of hydrogen-bond donors (Lipinski definition) is 0. The highest BCUT2D eigenvalue weighted by molar-refractivity contribution is 6.39. The van der Waals surface area contributed by atoms with E-state index in [0.29, 0.717) is 42.2 Å². The summed E-state index contributed by atoms with van der Waals surface area (Å²) in [4.78, 5) is 31.8. The van der Waals surface area contributed by atoms with Crippen molar-refractivity contribution in [3.63, 3.8) is 0 Å². The van der Waals surface area contributed by atoms with Gasteiger partial charge in [0.1, 0.15) is 40.9 Å². The zero-order valence-corrected chi connectivity index (χ0v) is 34.8. The molecule has 2 aliphatic heterocycles. The van der Waals surface area contributed by atoms with E-state index in [9.17, 15) is 4.79 Å². The van der Waals surface area contributed by atoms with Gasteiger partial charge in [-0.15, -0.1) is 0 Å². The number of pyridine rings is 1. The molecule has 2 fully saturated rings. The number of carbonyl (C=O) groups excluding carboxylic acids is 1. The number of anilines is 2. The minimum absolute atomic E-state index is 0.0105. The third-order valence-electron chi connectivity index (χ3n) is 11.2. The molecule has 0 N–H and O–H groups in total. The summed E-state index contributed by atoms with van der Waals surface area (Å²) in [5.41, 5.74) is 2.06. The molecule has 1 saturated heterocycles. The van der Waals surface area contributed by atoms with Crippen molar-refractivity contribution < 1.29 is 28.1 Å². The second kappa shape index (κ2) is 15.3.